The summed E-state index contributed by atoms with van der Waals surface area (Å²) in [6.07, 6.45) is 1.95. The highest BCUT2D eigenvalue weighted by Gasteiger charge is 2.05. The van der Waals surface area contributed by atoms with Crippen molar-refractivity contribution < 1.29 is 8.42 Å². The first kappa shape index (κ1) is 15.9. The molecule has 0 spiro atoms. The molecule has 0 fully saturated rings. The van der Waals surface area contributed by atoms with Crippen molar-refractivity contribution in [3.05, 3.63) is 48.0 Å². The van der Waals surface area contributed by atoms with E-state index in [-0.39, 0.29) is 6.04 Å². The fraction of sp³-hybridized carbons (Fsp3) is 0.375. The SMILES string of the molecule is CC(NCCCNS(C)(=O)=O)c1ccc2ccccc2c1. The summed E-state index contributed by atoms with van der Waals surface area (Å²) in [6, 6.07) is 15.0. The molecule has 4 nitrogen and oxygen atoms in total. The van der Waals surface area contributed by atoms with Crippen molar-refractivity contribution >= 4 is 20.8 Å². The van der Waals surface area contributed by atoms with Gasteiger partial charge in [-0.15, -0.1) is 0 Å². The number of sulfonamides is 1. The van der Waals surface area contributed by atoms with Gasteiger partial charge in [-0.1, -0.05) is 36.4 Å². The smallest absolute Gasteiger partial charge is 0.208 e. The number of hydrogen-bond donors (Lipinski definition) is 2. The van der Waals surface area contributed by atoms with Gasteiger partial charge in [0, 0.05) is 12.6 Å². The molecule has 0 aromatic heterocycles. The van der Waals surface area contributed by atoms with Crippen molar-refractivity contribution in [3.63, 3.8) is 0 Å². The van der Waals surface area contributed by atoms with Crippen molar-refractivity contribution in [3.8, 4) is 0 Å². The molecule has 2 rings (SSSR count). The van der Waals surface area contributed by atoms with Crippen LogP contribution in [-0.4, -0.2) is 27.8 Å². The minimum Gasteiger partial charge on any atom is -0.310 e. The zero-order chi connectivity index (χ0) is 15.3. The summed E-state index contributed by atoms with van der Waals surface area (Å²) in [5, 5.41) is 5.89. The molecule has 0 aliphatic carbocycles. The molecule has 2 aromatic carbocycles. The predicted octanol–water partition coefficient (Wildman–Crippen LogP) is 2.43. The second kappa shape index (κ2) is 7.02. The third kappa shape index (κ3) is 5.12. The lowest BCUT2D eigenvalue weighted by Gasteiger charge is -2.15. The molecule has 0 aliphatic rings. The maximum absolute atomic E-state index is 10.9. The van der Waals surface area contributed by atoms with Crippen LogP contribution < -0.4 is 10.0 Å². The van der Waals surface area contributed by atoms with Gasteiger partial charge in [0.25, 0.3) is 0 Å². The molecule has 114 valence electrons. The lowest BCUT2D eigenvalue weighted by molar-refractivity contribution is 0.548. The van der Waals surface area contributed by atoms with Crippen LogP contribution in [0.15, 0.2) is 42.5 Å². The fourth-order valence-electron chi connectivity index (χ4n) is 2.26. The van der Waals surface area contributed by atoms with Crippen LogP contribution in [-0.2, 0) is 10.0 Å². The van der Waals surface area contributed by atoms with Crippen LogP contribution >= 0.6 is 0 Å². The van der Waals surface area contributed by atoms with E-state index in [1.54, 1.807) is 0 Å². The van der Waals surface area contributed by atoms with E-state index >= 15 is 0 Å². The average Bonchev–Trinajstić information content (AvgIpc) is 2.45. The Balaban J connectivity index is 1.86. The molecule has 21 heavy (non-hydrogen) atoms. The van der Waals surface area contributed by atoms with Gasteiger partial charge in [-0.2, -0.15) is 0 Å². The summed E-state index contributed by atoms with van der Waals surface area (Å²) in [7, 11) is -3.08. The summed E-state index contributed by atoms with van der Waals surface area (Å²) >= 11 is 0. The first-order valence-electron chi connectivity index (χ1n) is 7.12. The lowest BCUT2D eigenvalue weighted by Crippen LogP contribution is -2.27. The largest absolute Gasteiger partial charge is 0.310 e. The van der Waals surface area contributed by atoms with E-state index in [0.29, 0.717) is 6.54 Å². The number of fused-ring (bicyclic) bond motifs is 1. The average molecular weight is 306 g/mol. The first-order chi connectivity index (χ1) is 9.96. The maximum Gasteiger partial charge on any atom is 0.208 e. The van der Waals surface area contributed by atoms with Crippen LogP contribution in [0.5, 0.6) is 0 Å². The fourth-order valence-corrected chi connectivity index (χ4v) is 2.77. The Morgan fingerprint density at radius 3 is 2.48 bits per heavy atom. The highest BCUT2D eigenvalue weighted by atomic mass is 32.2. The van der Waals surface area contributed by atoms with E-state index in [9.17, 15) is 8.42 Å². The second-order valence-electron chi connectivity index (χ2n) is 5.30. The van der Waals surface area contributed by atoms with Crippen molar-refractivity contribution in [2.45, 2.75) is 19.4 Å². The molecule has 0 bridgehead atoms. The van der Waals surface area contributed by atoms with Gasteiger partial charge in [-0.25, -0.2) is 13.1 Å². The minimum atomic E-state index is -3.08. The minimum absolute atomic E-state index is 0.243. The van der Waals surface area contributed by atoms with Crippen LogP contribution in [0.3, 0.4) is 0 Å². The van der Waals surface area contributed by atoms with E-state index in [2.05, 4.69) is 47.3 Å². The molecule has 0 amide bonds. The van der Waals surface area contributed by atoms with Gasteiger partial charge in [-0.05, 0) is 42.3 Å². The molecule has 1 unspecified atom stereocenters. The van der Waals surface area contributed by atoms with Crippen LogP contribution in [0.2, 0.25) is 0 Å². The molecule has 0 saturated heterocycles. The van der Waals surface area contributed by atoms with Crippen molar-refractivity contribution in [1.82, 2.24) is 10.0 Å². The van der Waals surface area contributed by atoms with Gasteiger partial charge in [0.05, 0.1) is 6.26 Å². The standard InChI is InChI=1S/C16H22N2O2S/c1-13(17-10-5-11-18-21(2,19)20)15-9-8-14-6-3-4-7-16(14)12-15/h3-4,6-9,12-13,17-18H,5,10-11H2,1-2H3. The normalized spacial score (nSPS) is 13.4. The number of benzene rings is 2. The Kier molecular flexibility index (Phi) is 5.33. The molecule has 0 radical (unpaired) electrons. The zero-order valence-corrected chi connectivity index (χ0v) is 13.3. The summed E-state index contributed by atoms with van der Waals surface area (Å²) in [6.45, 7) is 3.36. The third-order valence-electron chi connectivity index (χ3n) is 3.44. The topological polar surface area (TPSA) is 58.2 Å². The highest BCUT2D eigenvalue weighted by molar-refractivity contribution is 7.88. The van der Waals surface area contributed by atoms with Gasteiger partial charge < -0.3 is 5.32 Å². The van der Waals surface area contributed by atoms with Crippen LogP contribution in [0.25, 0.3) is 10.8 Å². The van der Waals surface area contributed by atoms with Crippen LogP contribution in [0.1, 0.15) is 24.9 Å². The van der Waals surface area contributed by atoms with E-state index < -0.39 is 10.0 Å². The molecule has 2 N–H and O–H groups in total. The predicted molar refractivity (Wildman–Crippen MR) is 87.8 cm³/mol. The van der Waals surface area contributed by atoms with Gasteiger partial charge >= 0.3 is 0 Å². The van der Waals surface area contributed by atoms with E-state index in [1.807, 2.05) is 12.1 Å². The summed E-state index contributed by atoms with van der Waals surface area (Å²) in [4.78, 5) is 0. The number of rotatable bonds is 7. The van der Waals surface area contributed by atoms with Crippen molar-refractivity contribution in [2.24, 2.45) is 0 Å². The van der Waals surface area contributed by atoms with Gasteiger partial charge in [0.2, 0.25) is 10.0 Å². The molecular formula is C16H22N2O2S. The summed E-state index contributed by atoms with van der Waals surface area (Å²) in [5.41, 5.74) is 1.24. The third-order valence-corrected chi connectivity index (χ3v) is 4.17. The molecule has 1 atom stereocenters. The van der Waals surface area contributed by atoms with E-state index in [1.165, 1.54) is 22.6 Å². The second-order valence-corrected chi connectivity index (χ2v) is 7.14. The molecule has 0 aliphatic heterocycles. The van der Waals surface area contributed by atoms with Crippen molar-refractivity contribution in [1.29, 1.82) is 0 Å². The highest BCUT2D eigenvalue weighted by Crippen LogP contribution is 2.20. The van der Waals surface area contributed by atoms with E-state index in [4.69, 9.17) is 0 Å². The number of hydrogen-bond acceptors (Lipinski definition) is 3. The summed E-state index contributed by atoms with van der Waals surface area (Å²) in [5.74, 6) is 0. The maximum atomic E-state index is 10.9. The number of nitrogens with one attached hydrogen (secondary N) is 2. The molecule has 2 aromatic rings. The molecule has 0 heterocycles. The Bertz CT molecular complexity index is 698. The Morgan fingerprint density at radius 1 is 1.05 bits per heavy atom. The van der Waals surface area contributed by atoms with E-state index in [0.717, 1.165) is 13.0 Å². The Labute approximate surface area is 126 Å². The zero-order valence-electron chi connectivity index (χ0n) is 12.5. The van der Waals surface area contributed by atoms with Crippen molar-refractivity contribution in [2.75, 3.05) is 19.3 Å². The Hall–Kier alpha value is -1.43. The first-order valence-corrected chi connectivity index (χ1v) is 9.01. The van der Waals surface area contributed by atoms with Crippen LogP contribution in [0.4, 0.5) is 0 Å². The molecule has 5 heteroatoms. The monoisotopic (exact) mass is 306 g/mol. The summed E-state index contributed by atoms with van der Waals surface area (Å²) < 4.78 is 24.4. The van der Waals surface area contributed by atoms with Gasteiger partial charge in [-0.3, -0.25) is 0 Å². The lowest BCUT2D eigenvalue weighted by atomic mass is 10.0. The molecular weight excluding hydrogens is 284 g/mol. The Morgan fingerprint density at radius 2 is 1.76 bits per heavy atom. The van der Waals surface area contributed by atoms with Gasteiger partial charge in [0.1, 0.15) is 0 Å². The quantitative estimate of drug-likeness (QED) is 0.772. The molecule has 0 saturated carbocycles. The van der Waals surface area contributed by atoms with Crippen LogP contribution in [0, 0.1) is 0 Å². The van der Waals surface area contributed by atoms with Gasteiger partial charge in [0.15, 0.2) is 0 Å².